The first-order valence-corrected chi connectivity index (χ1v) is 14.1. The van der Waals surface area contributed by atoms with Crippen molar-refractivity contribution in [2.75, 3.05) is 26.4 Å². The molecule has 196 valence electrons. The third-order valence-electron chi connectivity index (χ3n) is 5.95. The van der Waals surface area contributed by atoms with E-state index in [2.05, 4.69) is 13.8 Å². The second-order valence-corrected chi connectivity index (χ2v) is 9.21. The Kier molecular flexibility index (Phi) is 26.2. The second-order valence-electron chi connectivity index (χ2n) is 9.21. The standard InChI is InChI=1S/C28H54O5/c1-3-5-7-9-10-11-12-13-14-15-16-18-20-22-28(30)33-26-24-31-23-25-32-27(29)21-19-17-8-6-4-2/h3-26H2,1-2H3. The molecule has 0 amide bonds. The number of rotatable bonds is 26. The van der Waals surface area contributed by atoms with Crippen molar-refractivity contribution in [3.63, 3.8) is 0 Å². The van der Waals surface area contributed by atoms with Gasteiger partial charge in [0.1, 0.15) is 13.2 Å². The van der Waals surface area contributed by atoms with Crippen molar-refractivity contribution >= 4 is 11.9 Å². The van der Waals surface area contributed by atoms with Crippen LogP contribution in [0.4, 0.5) is 0 Å². The smallest absolute Gasteiger partial charge is 0.305 e. The van der Waals surface area contributed by atoms with E-state index in [1.807, 2.05) is 0 Å². The summed E-state index contributed by atoms with van der Waals surface area (Å²) in [7, 11) is 0. The molecular weight excluding hydrogens is 416 g/mol. The first-order chi connectivity index (χ1) is 16.2. The topological polar surface area (TPSA) is 61.8 Å². The van der Waals surface area contributed by atoms with Crippen molar-refractivity contribution in [3.8, 4) is 0 Å². The lowest BCUT2D eigenvalue weighted by Crippen LogP contribution is -2.14. The second kappa shape index (κ2) is 27.1. The molecule has 0 aromatic carbocycles. The molecule has 0 aliphatic rings. The average Bonchev–Trinajstić information content (AvgIpc) is 2.81. The van der Waals surface area contributed by atoms with E-state index in [0.29, 0.717) is 26.1 Å². The predicted octanol–water partition coefficient (Wildman–Crippen LogP) is 7.93. The fraction of sp³-hybridized carbons (Fsp3) is 0.929. The molecule has 0 saturated carbocycles. The molecule has 0 bridgehead atoms. The molecule has 0 aromatic rings. The Morgan fingerprint density at radius 2 is 0.727 bits per heavy atom. The van der Waals surface area contributed by atoms with Gasteiger partial charge in [-0.05, 0) is 12.8 Å². The molecule has 0 saturated heterocycles. The first-order valence-electron chi connectivity index (χ1n) is 14.1. The zero-order chi connectivity index (χ0) is 24.2. The first kappa shape index (κ1) is 31.9. The van der Waals surface area contributed by atoms with E-state index in [1.165, 1.54) is 89.9 Å². The molecule has 33 heavy (non-hydrogen) atoms. The number of ether oxygens (including phenoxy) is 3. The minimum absolute atomic E-state index is 0.142. The lowest BCUT2D eigenvalue weighted by molar-refractivity contribution is -0.146. The summed E-state index contributed by atoms with van der Waals surface area (Å²) in [4.78, 5) is 23.3. The Morgan fingerprint density at radius 3 is 1.06 bits per heavy atom. The molecule has 0 aromatic heterocycles. The minimum Gasteiger partial charge on any atom is -0.463 e. The van der Waals surface area contributed by atoms with Gasteiger partial charge in [-0.1, -0.05) is 117 Å². The van der Waals surface area contributed by atoms with Crippen LogP contribution in [0.15, 0.2) is 0 Å². The summed E-state index contributed by atoms with van der Waals surface area (Å²) >= 11 is 0. The maximum Gasteiger partial charge on any atom is 0.305 e. The van der Waals surface area contributed by atoms with Crippen molar-refractivity contribution in [3.05, 3.63) is 0 Å². The van der Waals surface area contributed by atoms with E-state index < -0.39 is 0 Å². The summed E-state index contributed by atoms with van der Waals surface area (Å²) < 4.78 is 15.7. The molecule has 5 nitrogen and oxygen atoms in total. The van der Waals surface area contributed by atoms with Gasteiger partial charge in [0.05, 0.1) is 13.2 Å². The van der Waals surface area contributed by atoms with Crippen LogP contribution in [0.3, 0.4) is 0 Å². The van der Waals surface area contributed by atoms with E-state index >= 15 is 0 Å². The molecule has 0 atom stereocenters. The molecule has 0 aliphatic carbocycles. The van der Waals surface area contributed by atoms with Crippen LogP contribution in [0.5, 0.6) is 0 Å². The van der Waals surface area contributed by atoms with Crippen LogP contribution in [0.1, 0.15) is 142 Å². The zero-order valence-corrected chi connectivity index (χ0v) is 22.0. The molecule has 0 fully saturated rings. The summed E-state index contributed by atoms with van der Waals surface area (Å²) in [6, 6.07) is 0. The fourth-order valence-corrected chi connectivity index (χ4v) is 3.84. The normalized spacial score (nSPS) is 11.0. The highest BCUT2D eigenvalue weighted by Gasteiger charge is 2.04. The quantitative estimate of drug-likeness (QED) is 0.0948. The maximum atomic E-state index is 11.7. The highest BCUT2D eigenvalue weighted by atomic mass is 16.6. The summed E-state index contributed by atoms with van der Waals surface area (Å²) in [5.74, 6) is -0.296. The van der Waals surface area contributed by atoms with Gasteiger partial charge in [0.25, 0.3) is 0 Å². The molecule has 0 aliphatic heterocycles. The van der Waals surface area contributed by atoms with Crippen molar-refractivity contribution < 1.29 is 23.8 Å². The number of unbranched alkanes of at least 4 members (excludes halogenated alkanes) is 16. The lowest BCUT2D eigenvalue weighted by Gasteiger charge is -2.07. The molecule has 0 radical (unpaired) electrons. The SMILES string of the molecule is CCCCCCCCCCCCCCCC(=O)OCCOCCOC(=O)CCCCCCC. The van der Waals surface area contributed by atoms with Gasteiger partial charge in [0.15, 0.2) is 0 Å². The van der Waals surface area contributed by atoms with Gasteiger partial charge in [-0.25, -0.2) is 0 Å². The Balaban J connectivity index is 3.24. The minimum atomic E-state index is -0.153. The molecule has 0 spiro atoms. The number of carbonyl (C=O) groups is 2. The van der Waals surface area contributed by atoms with Crippen LogP contribution in [0.25, 0.3) is 0 Å². The van der Waals surface area contributed by atoms with Gasteiger partial charge in [0.2, 0.25) is 0 Å². The van der Waals surface area contributed by atoms with Crippen molar-refractivity contribution in [1.82, 2.24) is 0 Å². The van der Waals surface area contributed by atoms with E-state index in [0.717, 1.165) is 25.7 Å². The fourth-order valence-electron chi connectivity index (χ4n) is 3.84. The van der Waals surface area contributed by atoms with Crippen LogP contribution in [-0.4, -0.2) is 38.4 Å². The number of hydrogen-bond acceptors (Lipinski definition) is 5. The average molecular weight is 471 g/mol. The summed E-state index contributed by atoms with van der Waals surface area (Å²) in [5.41, 5.74) is 0. The summed E-state index contributed by atoms with van der Waals surface area (Å²) in [5, 5.41) is 0. The largest absolute Gasteiger partial charge is 0.463 e. The Morgan fingerprint density at radius 1 is 0.424 bits per heavy atom. The highest BCUT2D eigenvalue weighted by molar-refractivity contribution is 5.69. The third kappa shape index (κ3) is 27.0. The molecule has 0 unspecified atom stereocenters. The molecular formula is C28H54O5. The summed E-state index contributed by atoms with van der Waals surface area (Å²) in [6.45, 7) is 5.66. The van der Waals surface area contributed by atoms with Crippen molar-refractivity contribution in [2.45, 2.75) is 142 Å². The highest BCUT2D eigenvalue weighted by Crippen LogP contribution is 2.13. The molecule has 0 heterocycles. The van der Waals surface area contributed by atoms with E-state index in [9.17, 15) is 9.59 Å². The molecule has 0 N–H and O–H groups in total. The van der Waals surface area contributed by atoms with Gasteiger partial charge in [-0.3, -0.25) is 9.59 Å². The number of esters is 2. The predicted molar refractivity (Wildman–Crippen MR) is 136 cm³/mol. The van der Waals surface area contributed by atoms with Crippen LogP contribution >= 0.6 is 0 Å². The Labute approximate surface area is 204 Å². The van der Waals surface area contributed by atoms with E-state index in [1.54, 1.807) is 0 Å². The van der Waals surface area contributed by atoms with Crippen molar-refractivity contribution in [1.29, 1.82) is 0 Å². The van der Waals surface area contributed by atoms with E-state index in [-0.39, 0.29) is 25.2 Å². The zero-order valence-electron chi connectivity index (χ0n) is 22.0. The maximum absolute atomic E-state index is 11.7. The van der Waals surface area contributed by atoms with Gasteiger partial charge >= 0.3 is 11.9 Å². The lowest BCUT2D eigenvalue weighted by atomic mass is 10.0. The van der Waals surface area contributed by atoms with Crippen LogP contribution in [-0.2, 0) is 23.8 Å². The van der Waals surface area contributed by atoms with E-state index in [4.69, 9.17) is 14.2 Å². The number of hydrogen-bond donors (Lipinski definition) is 0. The van der Waals surface area contributed by atoms with Crippen molar-refractivity contribution in [2.24, 2.45) is 0 Å². The van der Waals surface area contributed by atoms with Crippen LogP contribution in [0, 0.1) is 0 Å². The number of carbonyl (C=O) groups excluding carboxylic acids is 2. The van der Waals surface area contributed by atoms with Gasteiger partial charge < -0.3 is 14.2 Å². The third-order valence-corrected chi connectivity index (χ3v) is 5.95. The van der Waals surface area contributed by atoms with Gasteiger partial charge in [0, 0.05) is 12.8 Å². The molecule has 0 rings (SSSR count). The Hall–Kier alpha value is -1.10. The Bertz CT molecular complexity index is 425. The van der Waals surface area contributed by atoms with Gasteiger partial charge in [-0.15, -0.1) is 0 Å². The monoisotopic (exact) mass is 470 g/mol. The van der Waals surface area contributed by atoms with Crippen LogP contribution in [0.2, 0.25) is 0 Å². The van der Waals surface area contributed by atoms with Crippen LogP contribution < -0.4 is 0 Å². The summed E-state index contributed by atoms with van der Waals surface area (Å²) in [6.07, 6.45) is 23.5. The van der Waals surface area contributed by atoms with Gasteiger partial charge in [-0.2, -0.15) is 0 Å². The molecule has 5 heteroatoms.